The van der Waals surface area contributed by atoms with Crippen molar-refractivity contribution in [1.29, 1.82) is 0 Å². The van der Waals surface area contributed by atoms with Crippen LogP contribution < -0.4 is 5.32 Å². The van der Waals surface area contributed by atoms with Crippen molar-refractivity contribution in [3.8, 4) is 0 Å². The minimum absolute atomic E-state index is 0.0754. The molecular formula is C13H15N3O. The third kappa shape index (κ3) is 2.79. The topological polar surface area (TPSA) is 58.0 Å². The van der Waals surface area contributed by atoms with E-state index in [0.717, 1.165) is 5.69 Å². The smallest absolute Gasteiger partial charge is 0.139 e. The van der Waals surface area contributed by atoms with E-state index in [1.807, 2.05) is 26.0 Å². The lowest BCUT2D eigenvalue weighted by Gasteiger charge is -2.10. The molecule has 0 spiro atoms. The zero-order chi connectivity index (χ0) is 12.3. The Morgan fingerprint density at radius 1 is 1.18 bits per heavy atom. The molecular weight excluding hydrogens is 214 g/mol. The van der Waals surface area contributed by atoms with Crippen LogP contribution in [0.4, 0.5) is 11.5 Å². The molecule has 1 aromatic heterocycles. The number of rotatable bonds is 3. The molecule has 0 aliphatic carbocycles. The standard InChI is InChI=1S/C13H15N3O/c1-9-3-10(2)5-12(4-9)16-13-11(7-17)6-14-8-15-13/h3-6,8,17H,7H2,1-2H3,(H,14,15,16). The molecule has 0 bridgehead atoms. The van der Waals surface area contributed by atoms with E-state index < -0.39 is 0 Å². The number of aliphatic hydroxyl groups excluding tert-OH is 1. The minimum Gasteiger partial charge on any atom is -0.391 e. The van der Waals surface area contributed by atoms with Gasteiger partial charge in [0, 0.05) is 17.4 Å². The zero-order valence-corrected chi connectivity index (χ0v) is 9.94. The summed E-state index contributed by atoms with van der Waals surface area (Å²) in [5.74, 6) is 0.646. The summed E-state index contributed by atoms with van der Waals surface area (Å²) < 4.78 is 0. The van der Waals surface area contributed by atoms with E-state index in [0.29, 0.717) is 11.4 Å². The average Bonchev–Trinajstić information content (AvgIpc) is 2.28. The van der Waals surface area contributed by atoms with Gasteiger partial charge in [0.1, 0.15) is 12.1 Å². The van der Waals surface area contributed by atoms with Gasteiger partial charge >= 0.3 is 0 Å². The van der Waals surface area contributed by atoms with Gasteiger partial charge in [-0.1, -0.05) is 6.07 Å². The van der Waals surface area contributed by atoms with Gasteiger partial charge in [0.2, 0.25) is 0 Å². The van der Waals surface area contributed by atoms with Crippen LogP contribution in [0.5, 0.6) is 0 Å². The van der Waals surface area contributed by atoms with Crippen LogP contribution in [0, 0.1) is 13.8 Å². The van der Waals surface area contributed by atoms with E-state index in [1.54, 1.807) is 6.20 Å². The number of hydrogen-bond donors (Lipinski definition) is 2. The van der Waals surface area contributed by atoms with Crippen molar-refractivity contribution in [2.45, 2.75) is 20.5 Å². The Kier molecular flexibility index (Phi) is 3.35. The maximum atomic E-state index is 9.19. The number of aryl methyl sites for hydroxylation is 2. The fourth-order valence-corrected chi connectivity index (χ4v) is 1.77. The number of aromatic nitrogens is 2. The molecule has 0 saturated carbocycles. The van der Waals surface area contributed by atoms with Gasteiger partial charge in [-0.15, -0.1) is 0 Å². The molecule has 4 heteroatoms. The van der Waals surface area contributed by atoms with Crippen LogP contribution in [-0.2, 0) is 6.61 Å². The molecule has 0 unspecified atom stereocenters. The largest absolute Gasteiger partial charge is 0.391 e. The molecule has 2 aromatic rings. The van der Waals surface area contributed by atoms with E-state index in [2.05, 4.69) is 21.4 Å². The molecule has 0 amide bonds. The van der Waals surface area contributed by atoms with Crippen LogP contribution in [0.1, 0.15) is 16.7 Å². The second-order valence-corrected chi connectivity index (χ2v) is 4.06. The molecule has 0 aliphatic heterocycles. The first-order valence-electron chi connectivity index (χ1n) is 5.44. The van der Waals surface area contributed by atoms with Gasteiger partial charge in [-0.2, -0.15) is 0 Å². The lowest BCUT2D eigenvalue weighted by molar-refractivity contribution is 0.281. The summed E-state index contributed by atoms with van der Waals surface area (Å²) in [4.78, 5) is 8.00. The summed E-state index contributed by atoms with van der Waals surface area (Å²) in [5, 5.41) is 12.4. The first kappa shape index (κ1) is 11.5. The molecule has 17 heavy (non-hydrogen) atoms. The van der Waals surface area contributed by atoms with E-state index in [9.17, 15) is 5.11 Å². The Hall–Kier alpha value is -1.94. The van der Waals surface area contributed by atoms with Crippen LogP contribution in [0.3, 0.4) is 0 Å². The Balaban J connectivity index is 2.31. The van der Waals surface area contributed by atoms with Crippen molar-refractivity contribution in [3.05, 3.63) is 47.4 Å². The van der Waals surface area contributed by atoms with Crippen molar-refractivity contribution in [1.82, 2.24) is 9.97 Å². The van der Waals surface area contributed by atoms with E-state index >= 15 is 0 Å². The summed E-state index contributed by atoms with van der Waals surface area (Å²) >= 11 is 0. The highest BCUT2D eigenvalue weighted by molar-refractivity contribution is 5.60. The summed E-state index contributed by atoms with van der Waals surface area (Å²) in [6, 6.07) is 6.19. The fourth-order valence-electron chi connectivity index (χ4n) is 1.77. The van der Waals surface area contributed by atoms with Gasteiger partial charge in [0.15, 0.2) is 0 Å². The van der Waals surface area contributed by atoms with E-state index in [1.165, 1.54) is 17.5 Å². The highest BCUT2D eigenvalue weighted by Crippen LogP contribution is 2.20. The second kappa shape index (κ2) is 4.93. The predicted octanol–water partition coefficient (Wildman–Crippen LogP) is 2.33. The van der Waals surface area contributed by atoms with Crippen LogP contribution in [0.25, 0.3) is 0 Å². The number of nitrogens with one attached hydrogen (secondary N) is 1. The minimum atomic E-state index is -0.0754. The number of aliphatic hydroxyl groups is 1. The molecule has 2 rings (SSSR count). The Labute approximate surface area is 100 Å². The van der Waals surface area contributed by atoms with E-state index in [-0.39, 0.29) is 6.61 Å². The number of nitrogens with zero attached hydrogens (tertiary/aromatic N) is 2. The van der Waals surface area contributed by atoms with Crippen molar-refractivity contribution in [2.24, 2.45) is 0 Å². The summed E-state index contributed by atoms with van der Waals surface area (Å²) in [6.07, 6.45) is 3.07. The van der Waals surface area contributed by atoms with Crippen molar-refractivity contribution < 1.29 is 5.11 Å². The molecule has 0 aliphatic rings. The predicted molar refractivity (Wildman–Crippen MR) is 67.2 cm³/mol. The first-order valence-corrected chi connectivity index (χ1v) is 5.44. The van der Waals surface area contributed by atoms with Crippen molar-refractivity contribution >= 4 is 11.5 Å². The first-order chi connectivity index (χ1) is 8.19. The van der Waals surface area contributed by atoms with Gasteiger partial charge < -0.3 is 10.4 Å². The number of anilines is 2. The SMILES string of the molecule is Cc1cc(C)cc(Nc2ncncc2CO)c1. The van der Waals surface area contributed by atoms with Crippen molar-refractivity contribution in [2.75, 3.05) is 5.32 Å². The van der Waals surface area contributed by atoms with Gasteiger partial charge in [-0.25, -0.2) is 9.97 Å². The summed E-state index contributed by atoms with van der Waals surface area (Å²) in [6.45, 7) is 4.02. The monoisotopic (exact) mass is 229 g/mol. The average molecular weight is 229 g/mol. The summed E-state index contributed by atoms with van der Waals surface area (Å²) in [7, 11) is 0. The molecule has 1 heterocycles. The lowest BCUT2D eigenvalue weighted by Crippen LogP contribution is -2.00. The van der Waals surface area contributed by atoms with E-state index in [4.69, 9.17) is 0 Å². The van der Waals surface area contributed by atoms with Crippen LogP contribution in [-0.4, -0.2) is 15.1 Å². The Morgan fingerprint density at radius 3 is 2.53 bits per heavy atom. The van der Waals surface area contributed by atoms with Crippen LogP contribution in [0.15, 0.2) is 30.7 Å². The normalized spacial score (nSPS) is 10.3. The highest BCUT2D eigenvalue weighted by Gasteiger charge is 2.03. The zero-order valence-electron chi connectivity index (χ0n) is 9.94. The molecule has 1 aromatic carbocycles. The van der Waals surface area contributed by atoms with Crippen LogP contribution >= 0.6 is 0 Å². The highest BCUT2D eigenvalue weighted by atomic mass is 16.3. The summed E-state index contributed by atoms with van der Waals surface area (Å²) in [5.41, 5.74) is 4.03. The third-order valence-corrected chi connectivity index (χ3v) is 2.44. The molecule has 0 saturated heterocycles. The molecule has 0 radical (unpaired) electrons. The maximum absolute atomic E-state index is 9.19. The number of benzene rings is 1. The molecule has 0 atom stereocenters. The molecule has 0 fully saturated rings. The molecule has 88 valence electrons. The Bertz CT molecular complexity index is 506. The lowest BCUT2D eigenvalue weighted by atomic mass is 10.1. The maximum Gasteiger partial charge on any atom is 0.139 e. The number of hydrogen-bond acceptors (Lipinski definition) is 4. The van der Waals surface area contributed by atoms with Crippen LogP contribution in [0.2, 0.25) is 0 Å². The quantitative estimate of drug-likeness (QED) is 0.848. The van der Waals surface area contributed by atoms with Gasteiger partial charge in [0.25, 0.3) is 0 Å². The molecule has 2 N–H and O–H groups in total. The molecule has 4 nitrogen and oxygen atoms in total. The Morgan fingerprint density at radius 2 is 1.88 bits per heavy atom. The van der Waals surface area contributed by atoms with Gasteiger partial charge in [-0.3, -0.25) is 0 Å². The fraction of sp³-hybridized carbons (Fsp3) is 0.231. The third-order valence-electron chi connectivity index (χ3n) is 2.44. The van der Waals surface area contributed by atoms with Crippen molar-refractivity contribution in [3.63, 3.8) is 0 Å². The van der Waals surface area contributed by atoms with Gasteiger partial charge in [0.05, 0.1) is 6.61 Å². The van der Waals surface area contributed by atoms with Gasteiger partial charge in [-0.05, 0) is 37.1 Å². The second-order valence-electron chi connectivity index (χ2n) is 4.06.